The molecule has 2 unspecified atom stereocenters. The van der Waals surface area contributed by atoms with Crippen LogP contribution in [0.2, 0.25) is 0 Å². The van der Waals surface area contributed by atoms with Gasteiger partial charge in [0.2, 0.25) is 0 Å². The molecule has 0 aromatic rings. The molecule has 0 spiro atoms. The molecule has 20 heavy (non-hydrogen) atoms. The second-order valence-electron chi connectivity index (χ2n) is 4.90. The van der Waals surface area contributed by atoms with Crippen molar-refractivity contribution < 1.29 is 9.59 Å². The summed E-state index contributed by atoms with van der Waals surface area (Å²) < 4.78 is 0. The van der Waals surface area contributed by atoms with Gasteiger partial charge in [0.15, 0.2) is 0 Å². The van der Waals surface area contributed by atoms with Crippen LogP contribution in [0.1, 0.15) is 27.2 Å². The summed E-state index contributed by atoms with van der Waals surface area (Å²) in [6.07, 6.45) is 6.18. The van der Waals surface area contributed by atoms with Crippen molar-refractivity contribution in [1.29, 1.82) is 0 Å². The van der Waals surface area contributed by atoms with E-state index in [-0.39, 0.29) is 17.7 Å². The highest BCUT2D eigenvalue weighted by molar-refractivity contribution is 6.31. The fraction of sp³-hybridized carbons (Fsp3) is 0.400. The Hall–Kier alpha value is -1.68. The maximum atomic E-state index is 12.0. The molecule has 1 aliphatic carbocycles. The lowest BCUT2D eigenvalue weighted by molar-refractivity contribution is -0.118. The molecule has 1 heterocycles. The first kappa shape index (κ1) is 14.7. The Balaban J connectivity index is 2.33. The summed E-state index contributed by atoms with van der Waals surface area (Å²) in [6.45, 7) is 5.51. The van der Waals surface area contributed by atoms with Gasteiger partial charge in [0, 0.05) is 17.2 Å². The fourth-order valence-electron chi connectivity index (χ4n) is 2.39. The van der Waals surface area contributed by atoms with Crippen molar-refractivity contribution >= 4 is 29.1 Å². The minimum atomic E-state index is -0.652. The van der Waals surface area contributed by atoms with Crippen LogP contribution in [-0.4, -0.2) is 22.9 Å². The van der Waals surface area contributed by atoms with Crippen molar-refractivity contribution in [2.75, 3.05) is 0 Å². The monoisotopic (exact) mass is 292 g/mol. The van der Waals surface area contributed by atoms with Gasteiger partial charge >= 0.3 is 0 Å². The van der Waals surface area contributed by atoms with E-state index >= 15 is 0 Å². The molecule has 2 atom stereocenters. The summed E-state index contributed by atoms with van der Waals surface area (Å²) in [6, 6.07) is 0. The average molecular weight is 293 g/mol. The molecule has 2 aliphatic rings. The van der Waals surface area contributed by atoms with E-state index in [1.165, 1.54) is 0 Å². The van der Waals surface area contributed by atoms with Gasteiger partial charge < -0.3 is 5.32 Å². The van der Waals surface area contributed by atoms with E-state index < -0.39 is 5.38 Å². The Labute approximate surface area is 123 Å². The Morgan fingerprint density at radius 1 is 1.55 bits per heavy atom. The molecule has 0 bridgehead atoms. The van der Waals surface area contributed by atoms with E-state index in [0.29, 0.717) is 12.1 Å². The highest BCUT2D eigenvalue weighted by Gasteiger charge is 2.28. The number of nitrogens with one attached hydrogen (secondary N) is 1. The second kappa shape index (κ2) is 5.75. The zero-order chi connectivity index (χ0) is 14.9. The van der Waals surface area contributed by atoms with E-state index in [4.69, 9.17) is 11.6 Å². The molecule has 4 nitrogen and oxygen atoms in total. The first-order valence-electron chi connectivity index (χ1n) is 6.61. The number of carbonyl (C=O) groups excluding carboxylic acids is 2. The number of nitrogens with zero attached hydrogens (tertiary/aromatic N) is 1. The zero-order valence-corrected chi connectivity index (χ0v) is 12.5. The van der Waals surface area contributed by atoms with E-state index in [1.807, 2.05) is 19.9 Å². The molecule has 0 aromatic carbocycles. The van der Waals surface area contributed by atoms with Gasteiger partial charge in [-0.2, -0.15) is 0 Å². The van der Waals surface area contributed by atoms with Gasteiger partial charge in [-0.25, -0.2) is 4.99 Å². The van der Waals surface area contributed by atoms with Gasteiger partial charge in [-0.1, -0.05) is 18.6 Å². The van der Waals surface area contributed by atoms with Crippen LogP contribution in [0, 0.1) is 5.92 Å². The highest BCUT2D eigenvalue weighted by Crippen LogP contribution is 2.31. The summed E-state index contributed by atoms with van der Waals surface area (Å²) in [5, 5.41) is 2.22. The van der Waals surface area contributed by atoms with E-state index in [0.717, 1.165) is 16.8 Å². The Morgan fingerprint density at radius 3 is 2.85 bits per heavy atom. The Kier molecular flexibility index (Phi) is 4.23. The van der Waals surface area contributed by atoms with Gasteiger partial charge in [-0.15, -0.1) is 11.6 Å². The number of alkyl halides is 1. The highest BCUT2D eigenvalue weighted by atomic mass is 35.5. The van der Waals surface area contributed by atoms with Gasteiger partial charge in [0.1, 0.15) is 5.38 Å². The van der Waals surface area contributed by atoms with Crippen LogP contribution in [0.4, 0.5) is 0 Å². The maximum Gasteiger partial charge on any atom is 0.263 e. The smallest absolute Gasteiger partial charge is 0.263 e. The molecule has 106 valence electrons. The quantitative estimate of drug-likeness (QED) is 0.795. The van der Waals surface area contributed by atoms with Crippen LogP contribution < -0.4 is 5.32 Å². The molecule has 2 rings (SSSR count). The molecule has 5 heteroatoms. The Bertz CT molecular complexity index is 583. The fourth-order valence-corrected chi connectivity index (χ4v) is 2.43. The van der Waals surface area contributed by atoms with E-state index in [2.05, 4.69) is 10.3 Å². The van der Waals surface area contributed by atoms with Crippen LogP contribution >= 0.6 is 11.6 Å². The standard InChI is InChI=1S/C15H17ClN2O2/c1-4-11-8(2)12-6-5-10(17-14(19)9(3)16)7-13(12)18-15(11)20/h5-7,9,12H,4H2,1-3H3,(H,18,20). The minimum Gasteiger partial charge on any atom is -0.325 e. The van der Waals surface area contributed by atoms with Crippen molar-refractivity contribution in [3.8, 4) is 0 Å². The van der Waals surface area contributed by atoms with Gasteiger partial charge in [-0.05, 0) is 32.4 Å². The molecule has 0 saturated heterocycles. The SMILES string of the molecule is CCC1=C(C)C2C=CC(=NC(=O)C(C)Cl)C=C2NC1=O. The molecule has 0 radical (unpaired) electrons. The van der Waals surface area contributed by atoms with Gasteiger partial charge in [0.25, 0.3) is 11.8 Å². The van der Waals surface area contributed by atoms with Gasteiger partial charge in [0.05, 0.1) is 5.71 Å². The predicted molar refractivity (Wildman–Crippen MR) is 79.6 cm³/mol. The number of allylic oxidation sites excluding steroid dienone is 3. The number of hydrogen-bond donors (Lipinski definition) is 1. The molecule has 2 amide bonds. The van der Waals surface area contributed by atoms with Crippen LogP contribution in [-0.2, 0) is 9.59 Å². The molecular formula is C15H17ClN2O2. The summed E-state index contributed by atoms with van der Waals surface area (Å²) in [7, 11) is 0. The van der Waals surface area contributed by atoms with Crippen LogP contribution in [0.25, 0.3) is 0 Å². The third kappa shape index (κ3) is 2.75. The number of aliphatic imine (C=N–C) groups is 1. The number of carbonyl (C=O) groups is 2. The molecule has 0 fully saturated rings. The molecule has 1 aliphatic heterocycles. The third-order valence-electron chi connectivity index (χ3n) is 3.51. The number of halogens is 1. The molecule has 0 saturated carbocycles. The van der Waals surface area contributed by atoms with Crippen LogP contribution in [0.5, 0.6) is 0 Å². The lowest BCUT2D eigenvalue weighted by Crippen LogP contribution is -2.36. The molecule has 1 N–H and O–H groups in total. The zero-order valence-electron chi connectivity index (χ0n) is 11.7. The summed E-state index contributed by atoms with van der Waals surface area (Å²) in [4.78, 5) is 27.4. The Morgan fingerprint density at radius 2 is 2.25 bits per heavy atom. The third-order valence-corrected chi connectivity index (χ3v) is 3.69. The lowest BCUT2D eigenvalue weighted by atomic mass is 9.84. The maximum absolute atomic E-state index is 12.0. The lowest BCUT2D eigenvalue weighted by Gasteiger charge is -2.29. The van der Waals surface area contributed by atoms with Crippen molar-refractivity contribution in [3.63, 3.8) is 0 Å². The minimum absolute atomic E-state index is 0.0603. The summed E-state index contributed by atoms with van der Waals surface area (Å²) in [5.41, 5.74) is 3.15. The average Bonchev–Trinajstić information content (AvgIpc) is 2.38. The van der Waals surface area contributed by atoms with Crippen LogP contribution in [0.3, 0.4) is 0 Å². The van der Waals surface area contributed by atoms with Crippen molar-refractivity contribution in [1.82, 2.24) is 5.32 Å². The first-order valence-corrected chi connectivity index (χ1v) is 7.05. The normalized spacial score (nSPS) is 25.2. The predicted octanol–water partition coefficient (Wildman–Crippen LogP) is 2.51. The number of fused-ring (bicyclic) bond motifs is 1. The van der Waals surface area contributed by atoms with Crippen molar-refractivity contribution in [2.45, 2.75) is 32.6 Å². The van der Waals surface area contributed by atoms with E-state index in [9.17, 15) is 9.59 Å². The summed E-state index contributed by atoms with van der Waals surface area (Å²) >= 11 is 5.69. The largest absolute Gasteiger partial charge is 0.325 e. The van der Waals surface area contributed by atoms with Gasteiger partial charge in [-0.3, -0.25) is 9.59 Å². The number of hydrogen-bond acceptors (Lipinski definition) is 2. The van der Waals surface area contributed by atoms with Crippen LogP contribution in [0.15, 0.2) is 40.1 Å². The summed E-state index contributed by atoms with van der Waals surface area (Å²) in [5.74, 6) is -0.394. The number of rotatable bonds is 2. The molecular weight excluding hydrogens is 276 g/mol. The molecule has 0 aromatic heterocycles. The topological polar surface area (TPSA) is 58.5 Å². The second-order valence-corrected chi connectivity index (χ2v) is 5.55. The van der Waals surface area contributed by atoms with E-state index in [1.54, 1.807) is 19.1 Å². The number of amides is 2. The van der Waals surface area contributed by atoms with Crippen molar-refractivity contribution in [2.24, 2.45) is 10.9 Å². The first-order chi connectivity index (χ1) is 9.43. The van der Waals surface area contributed by atoms with Crippen molar-refractivity contribution in [3.05, 3.63) is 35.1 Å².